The number of amides is 11. The molecule has 2 fully saturated rings. The van der Waals surface area contributed by atoms with E-state index in [-0.39, 0.29) is 49.0 Å². The second-order valence-electron chi connectivity index (χ2n) is 17.4. The van der Waals surface area contributed by atoms with E-state index in [2.05, 4.69) is 37.2 Å². The summed E-state index contributed by atoms with van der Waals surface area (Å²) in [5.74, 6) is -10.4. The van der Waals surface area contributed by atoms with E-state index in [1.165, 1.54) is 29.2 Å². The van der Waals surface area contributed by atoms with Crippen LogP contribution in [0.25, 0.3) is 0 Å². The SMILES string of the molecule is CCC(C)C1NC(=O)C(Cc2ccc(O)cc2)NC(=O)C(N)CSSCC(C(=O)N2CCC[C@H]2C(=O)N[C@@H](CC(C)C)C(=O)NCC(N)=O)NC(=O)C(CC(N)=O)NC(=O)C(CCC(N)=O)NC1=O. The molecule has 26 heteroatoms. The Bertz CT molecular complexity index is 2050. The second-order valence-corrected chi connectivity index (χ2v) is 20.0. The predicted octanol–water partition coefficient (Wildman–Crippen LogP) is -3.61. The molecule has 3 rings (SSSR count). The summed E-state index contributed by atoms with van der Waals surface area (Å²) in [5.41, 5.74) is 22.9. The molecule has 1 aromatic rings. The van der Waals surface area contributed by atoms with Crippen molar-refractivity contribution in [1.29, 1.82) is 0 Å². The molecule has 0 radical (unpaired) electrons. The number of rotatable bonds is 17. The molecule has 2 aliphatic rings. The van der Waals surface area contributed by atoms with E-state index in [9.17, 15) is 57.8 Å². The molecule has 16 N–H and O–H groups in total. The number of phenolic OH excluding ortho intramolecular Hbond substituents is 1. The molecule has 7 unspecified atom stereocenters. The number of carbonyl (C=O) groups is 11. The summed E-state index contributed by atoms with van der Waals surface area (Å²) in [6.45, 7) is 6.60. The minimum atomic E-state index is -1.75. The van der Waals surface area contributed by atoms with Crippen LogP contribution in [-0.4, -0.2) is 148 Å². The summed E-state index contributed by atoms with van der Waals surface area (Å²) >= 11 is 0. The highest BCUT2D eigenvalue weighted by atomic mass is 33.1. The first-order chi connectivity index (χ1) is 32.5. The Morgan fingerprint density at radius 1 is 0.783 bits per heavy atom. The van der Waals surface area contributed by atoms with Crippen molar-refractivity contribution in [3.8, 4) is 5.75 Å². The maximum absolute atomic E-state index is 14.5. The number of primary amides is 3. The van der Waals surface area contributed by atoms with Crippen LogP contribution in [0.2, 0.25) is 0 Å². The van der Waals surface area contributed by atoms with Crippen LogP contribution in [0.1, 0.15) is 78.2 Å². The van der Waals surface area contributed by atoms with Gasteiger partial charge in [0.05, 0.1) is 19.0 Å². The predicted molar refractivity (Wildman–Crippen MR) is 254 cm³/mol. The van der Waals surface area contributed by atoms with E-state index >= 15 is 0 Å². The molecule has 1 aromatic carbocycles. The molecular formula is C43H66N12O12S2. The van der Waals surface area contributed by atoms with Gasteiger partial charge in [0.25, 0.3) is 0 Å². The van der Waals surface area contributed by atoms with Gasteiger partial charge in [-0.1, -0.05) is 67.8 Å². The largest absolute Gasteiger partial charge is 0.508 e. The standard InChI is InChI=1S/C43H66N12O12S2/c1-5-22(4)35-42(66)49-26(12-13-32(45)57)38(62)51-29(17-33(46)58)39(63)53-30(20-69-68-19-25(44)36(60)50-28(40(64)54-35)16-23-8-10-24(56)11-9-23)43(67)55-14-6-7-31(55)41(65)52-27(15-21(2)3)37(61)48-18-34(47)59/h8-11,21-22,25-31,35,56H,5-7,12-20,44H2,1-4H3,(H2,45,57)(H2,46,58)(H2,47,59)(H,48,61)(H,49,66)(H,50,60)(H,51,62)(H,52,65)(H,53,63)(H,54,64)/t22?,25?,26?,27-,28?,29?,30?,31-,35?/m0/s1. The van der Waals surface area contributed by atoms with Crippen molar-refractivity contribution in [2.45, 2.75) is 127 Å². The fraction of sp³-hybridized carbons (Fsp3) is 0.605. The summed E-state index contributed by atoms with van der Waals surface area (Å²) in [5, 5.41) is 27.7. The highest BCUT2D eigenvalue weighted by Gasteiger charge is 2.41. The molecule has 0 bridgehead atoms. The van der Waals surface area contributed by atoms with E-state index in [4.69, 9.17) is 22.9 Å². The van der Waals surface area contributed by atoms with E-state index in [1.54, 1.807) is 13.8 Å². The Balaban J connectivity index is 2.05. The zero-order valence-electron chi connectivity index (χ0n) is 39.1. The fourth-order valence-corrected chi connectivity index (χ4v) is 9.62. The van der Waals surface area contributed by atoms with Gasteiger partial charge >= 0.3 is 0 Å². The molecule has 24 nitrogen and oxygen atoms in total. The molecule has 0 aliphatic carbocycles. The van der Waals surface area contributed by atoms with E-state index < -0.39 is 145 Å². The zero-order valence-corrected chi connectivity index (χ0v) is 40.7. The first-order valence-electron chi connectivity index (χ1n) is 22.5. The van der Waals surface area contributed by atoms with Crippen LogP contribution in [0.5, 0.6) is 5.75 Å². The normalized spacial score (nSPS) is 24.3. The molecule has 0 aromatic heterocycles. The maximum Gasteiger partial charge on any atom is 0.246 e. The first kappa shape index (κ1) is 57.2. The summed E-state index contributed by atoms with van der Waals surface area (Å²) in [6, 6.07) is -5.05. The van der Waals surface area contributed by atoms with Gasteiger partial charge in [-0.3, -0.25) is 52.7 Å². The van der Waals surface area contributed by atoms with Gasteiger partial charge < -0.3 is 70.2 Å². The molecule has 2 aliphatic heterocycles. The van der Waals surface area contributed by atoms with Gasteiger partial charge in [0.15, 0.2) is 0 Å². The molecule has 11 amide bonds. The lowest BCUT2D eigenvalue weighted by molar-refractivity contribution is -0.142. The minimum Gasteiger partial charge on any atom is -0.508 e. The first-order valence-corrected chi connectivity index (χ1v) is 25.0. The Morgan fingerprint density at radius 3 is 2.00 bits per heavy atom. The summed E-state index contributed by atoms with van der Waals surface area (Å²) < 4.78 is 0. The maximum atomic E-state index is 14.5. The van der Waals surface area contributed by atoms with Gasteiger partial charge in [-0.05, 0) is 55.2 Å². The third-order valence-corrected chi connectivity index (χ3v) is 13.7. The van der Waals surface area contributed by atoms with Crippen molar-refractivity contribution in [2.75, 3.05) is 24.6 Å². The van der Waals surface area contributed by atoms with Gasteiger partial charge in [-0.15, -0.1) is 0 Å². The van der Waals surface area contributed by atoms with E-state index in [1.807, 2.05) is 13.8 Å². The number of hydrogen-bond acceptors (Lipinski definition) is 15. The van der Waals surface area contributed by atoms with E-state index in [0.717, 1.165) is 21.6 Å². The lowest BCUT2D eigenvalue weighted by Gasteiger charge is -2.31. The number of phenols is 1. The van der Waals surface area contributed by atoms with Crippen molar-refractivity contribution in [3.05, 3.63) is 29.8 Å². The average Bonchev–Trinajstić information content (AvgIpc) is 3.78. The smallest absolute Gasteiger partial charge is 0.246 e. The van der Waals surface area contributed by atoms with Gasteiger partial charge in [0.1, 0.15) is 48.0 Å². The molecular weight excluding hydrogens is 941 g/mol. The lowest BCUT2D eigenvalue weighted by atomic mass is 9.96. The second kappa shape index (κ2) is 27.7. The number of nitrogens with zero attached hydrogens (tertiary/aromatic N) is 1. The molecule has 2 saturated heterocycles. The van der Waals surface area contributed by atoms with Gasteiger partial charge in [0, 0.05) is 30.9 Å². The van der Waals surface area contributed by atoms with Crippen LogP contribution >= 0.6 is 21.6 Å². The monoisotopic (exact) mass is 1010 g/mol. The number of benzene rings is 1. The van der Waals surface area contributed by atoms with Crippen molar-refractivity contribution in [2.24, 2.45) is 34.8 Å². The average molecular weight is 1010 g/mol. The van der Waals surface area contributed by atoms with Crippen molar-refractivity contribution >= 4 is 86.6 Å². The zero-order chi connectivity index (χ0) is 51.5. The molecule has 69 heavy (non-hydrogen) atoms. The van der Waals surface area contributed by atoms with Crippen molar-refractivity contribution in [3.63, 3.8) is 0 Å². The van der Waals surface area contributed by atoms with Crippen LogP contribution < -0.4 is 60.2 Å². The number of nitrogens with one attached hydrogen (secondary N) is 7. The summed E-state index contributed by atoms with van der Waals surface area (Å²) in [6.07, 6.45) is -0.694. The summed E-state index contributed by atoms with van der Waals surface area (Å²) in [7, 11) is 2.05. The number of likely N-dealkylation sites (tertiary alicyclic amines) is 1. The topological polar surface area (TPSA) is 400 Å². The highest BCUT2D eigenvalue weighted by molar-refractivity contribution is 8.76. The van der Waals surface area contributed by atoms with Crippen LogP contribution in [-0.2, 0) is 59.2 Å². The number of nitrogens with two attached hydrogens (primary N) is 4. The number of hydrogen-bond donors (Lipinski definition) is 12. The molecule has 2 heterocycles. The van der Waals surface area contributed by atoms with Crippen LogP contribution in [0.15, 0.2) is 24.3 Å². The van der Waals surface area contributed by atoms with Gasteiger partial charge in [-0.25, -0.2) is 0 Å². The fourth-order valence-electron chi connectivity index (χ4n) is 7.34. The Morgan fingerprint density at radius 2 is 1.39 bits per heavy atom. The van der Waals surface area contributed by atoms with Crippen LogP contribution in [0.4, 0.5) is 0 Å². The number of carbonyl (C=O) groups excluding carboxylic acids is 11. The highest BCUT2D eigenvalue weighted by Crippen LogP contribution is 2.26. The Labute approximate surface area is 407 Å². The molecule has 0 saturated carbocycles. The van der Waals surface area contributed by atoms with Crippen LogP contribution in [0, 0.1) is 11.8 Å². The van der Waals surface area contributed by atoms with Gasteiger partial charge in [0.2, 0.25) is 65.0 Å². The Kier molecular flexibility index (Phi) is 23.0. The molecule has 382 valence electrons. The van der Waals surface area contributed by atoms with Crippen molar-refractivity contribution < 1.29 is 57.8 Å². The molecule has 0 spiro atoms. The summed E-state index contributed by atoms with van der Waals surface area (Å²) in [4.78, 5) is 148. The minimum absolute atomic E-state index is 0.0468. The molecule has 9 atom stereocenters. The van der Waals surface area contributed by atoms with Crippen LogP contribution in [0.3, 0.4) is 0 Å². The lowest BCUT2D eigenvalue weighted by Crippen LogP contribution is -2.61. The third kappa shape index (κ3) is 18.7. The third-order valence-electron chi connectivity index (χ3n) is 11.3. The quantitative estimate of drug-likeness (QED) is 0.0671. The Hall–Kier alpha value is -6.15. The number of aromatic hydroxyl groups is 1. The van der Waals surface area contributed by atoms with Crippen molar-refractivity contribution in [1.82, 2.24) is 42.1 Å². The van der Waals surface area contributed by atoms with E-state index in [0.29, 0.717) is 18.4 Å². The van der Waals surface area contributed by atoms with Gasteiger partial charge in [-0.2, -0.15) is 0 Å².